The van der Waals surface area contributed by atoms with Crippen LogP contribution >= 0.6 is 15.9 Å². The molecule has 0 saturated heterocycles. The molecule has 5 heteroatoms. The first-order valence-corrected chi connectivity index (χ1v) is 6.10. The van der Waals surface area contributed by atoms with E-state index < -0.39 is 5.97 Å². The maximum Gasteiger partial charge on any atom is 0.346 e. The molecule has 94 valence electrons. The molecule has 0 radical (unpaired) electrons. The zero-order valence-corrected chi connectivity index (χ0v) is 11.2. The van der Waals surface area contributed by atoms with Crippen molar-refractivity contribution >= 4 is 28.0 Å². The van der Waals surface area contributed by atoms with Crippen LogP contribution in [0.25, 0.3) is 17.4 Å². The fourth-order valence-electron chi connectivity index (χ4n) is 1.48. The molecule has 0 unspecified atom stereocenters. The van der Waals surface area contributed by atoms with Gasteiger partial charge in [0.1, 0.15) is 23.2 Å². The average Bonchev–Trinajstić information content (AvgIpc) is 2.85. The van der Waals surface area contributed by atoms with Crippen LogP contribution in [0.2, 0.25) is 0 Å². The SMILES string of the molecule is N#CC(=Cc1ccc(-c2ccc(Br)cc2)o1)C(=O)O. The van der Waals surface area contributed by atoms with Crippen LogP contribution in [0.15, 0.2) is 50.9 Å². The summed E-state index contributed by atoms with van der Waals surface area (Å²) in [7, 11) is 0. The molecule has 1 aromatic carbocycles. The molecular weight excluding hydrogens is 310 g/mol. The number of carboxylic acids is 1. The first kappa shape index (κ1) is 13.1. The minimum atomic E-state index is -1.27. The summed E-state index contributed by atoms with van der Waals surface area (Å²) in [5.74, 6) is -0.331. The molecule has 0 aliphatic rings. The summed E-state index contributed by atoms with van der Waals surface area (Å²) in [4.78, 5) is 10.7. The molecule has 0 saturated carbocycles. The lowest BCUT2D eigenvalue weighted by Crippen LogP contribution is -1.96. The highest BCUT2D eigenvalue weighted by Crippen LogP contribution is 2.24. The van der Waals surface area contributed by atoms with Gasteiger partial charge in [-0.1, -0.05) is 28.1 Å². The van der Waals surface area contributed by atoms with Gasteiger partial charge in [-0.05, 0) is 24.3 Å². The van der Waals surface area contributed by atoms with Crippen molar-refractivity contribution in [3.05, 3.63) is 52.2 Å². The number of furan rings is 1. The van der Waals surface area contributed by atoms with E-state index in [-0.39, 0.29) is 5.57 Å². The average molecular weight is 318 g/mol. The molecule has 0 bridgehead atoms. The summed E-state index contributed by atoms with van der Waals surface area (Å²) in [5.41, 5.74) is 0.508. The second-order valence-corrected chi connectivity index (χ2v) is 4.60. The Morgan fingerprint density at radius 1 is 1.26 bits per heavy atom. The molecule has 2 rings (SSSR count). The lowest BCUT2D eigenvalue weighted by atomic mass is 10.2. The van der Waals surface area contributed by atoms with E-state index in [4.69, 9.17) is 14.8 Å². The second-order valence-electron chi connectivity index (χ2n) is 3.68. The van der Waals surface area contributed by atoms with Crippen LogP contribution in [0.4, 0.5) is 0 Å². The van der Waals surface area contributed by atoms with Gasteiger partial charge in [0.2, 0.25) is 0 Å². The first-order valence-electron chi connectivity index (χ1n) is 5.31. The monoisotopic (exact) mass is 317 g/mol. The molecule has 0 atom stereocenters. The topological polar surface area (TPSA) is 74.2 Å². The van der Waals surface area contributed by atoms with E-state index in [1.807, 2.05) is 24.3 Å². The van der Waals surface area contributed by atoms with E-state index in [0.29, 0.717) is 11.5 Å². The summed E-state index contributed by atoms with van der Waals surface area (Å²) in [6.45, 7) is 0. The van der Waals surface area contributed by atoms with Gasteiger partial charge in [-0.15, -0.1) is 0 Å². The van der Waals surface area contributed by atoms with Crippen molar-refractivity contribution in [1.29, 1.82) is 5.26 Å². The van der Waals surface area contributed by atoms with Crippen molar-refractivity contribution < 1.29 is 14.3 Å². The Bertz CT molecular complexity index is 677. The van der Waals surface area contributed by atoms with Crippen molar-refractivity contribution in [3.8, 4) is 17.4 Å². The number of hydrogen-bond donors (Lipinski definition) is 1. The number of aliphatic carboxylic acids is 1. The largest absolute Gasteiger partial charge is 0.477 e. The molecule has 19 heavy (non-hydrogen) atoms. The molecule has 0 fully saturated rings. The number of carbonyl (C=O) groups is 1. The summed E-state index contributed by atoms with van der Waals surface area (Å²) >= 11 is 3.34. The highest BCUT2D eigenvalue weighted by molar-refractivity contribution is 9.10. The Morgan fingerprint density at radius 3 is 2.53 bits per heavy atom. The van der Waals surface area contributed by atoms with E-state index in [1.54, 1.807) is 18.2 Å². The van der Waals surface area contributed by atoms with E-state index in [0.717, 1.165) is 10.0 Å². The van der Waals surface area contributed by atoms with Crippen molar-refractivity contribution in [2.45, 2.75) is 0 Å². The maximum atomic E-state index is 10.7. The molecule has 1 N–H and O–H groups in total. The van der Waals surface area contributed by atoms with Crippen molar-refractivity contribution in [1.82, 2.24) is 0 Å². The van der Waals surface area contributed by atoms with Gasteiger partial charge in [0, 0.05) is 16.1 Å². The Labute approximate surface area is 117 Å². The normalized spacial score (nSPS) is 11.1. The smallest absolute Gasteiger partial charge is 0.346 e. The van der Waals surface area contributed by atoms with Crippen LogP contribution in [0.1, 0.15) is 5.76 Å². The molecular formula is C14H8BrNO3. The lowest BCUT2D eigenvalue weighted by Gasteiger charge is -1.96. The summed E-state index contributed by atoms with van der Waals surface area (Å²) in [5, 5.41) is 17.4. The molecule has 0 spiro atoms. The van der Waals surface area contributed by atoms with Gasteiger partial charge in [-0.25, -0.2) is 4.79 Å². The van der Waals surface area contributed by atoms with E-state index in [9.17, 15) is 4.79 Å². The first-order chi connectivity index (χ1) is 9.10. The van der Waals surface area contributed by atoms with Crippen molar-refractivity contribution in [2.75, 3.05) is 0 Å². The predicted molar refractivity (Wildman–Crippen MR) is 73.1 cm³/mol. The zero-order chi connectivity index (χ0) is 13.8. The van der Waals surface area contributed by atoms with Crippen LogP contribution < -0.4 is 0 Å². The van der Waals surface area contributed by atoms with Crippen molar-refractivity contribution in [3.63, 3.8) is 0 Å². The summed E-state index contributed by atoms with van der Waals surface area (Å²) in [6, 6.07) is 12.5. The molecule has 2 aromatic rings. The van der Waals surface area contributed by atoms with Crippen LogP contribution in [0.3, 0.4) is 0 Å². The van der Waals surface area contributed by atoms with Gasteiger partial charge >= 0.3 is 5.97 Å². The van der Waals surface area contributed by atoms with E-state index >= 15 is 0 Å². The van der Waals surface area contributed by atoms with Crippen LogP contribution in [-0.4, -0.2) is 11.1 Å². The van der Waals surface area contributed by atoms with E-state index in [2.05, 4.69) is 15.9 Å². The Morgan fingerprint density at radius 2 is 1.95 bits per heavy atom. The van der Waals surface area contributed by atoms with Gasteiger partial charge in [-0.2, -0.15) is 5.26 Å². The standard InChI is InChI=1S/C14H8BrNO3/c15-11-3-1-9(2-4-11)13-6-5-12(19-13)7-10(8-16)14(17)18/h1-7H,(H,17,18). The van der Waals surface area contributed by atoms with Gasteiger partial charge in [0.15, 0.2) is 0 Å². The number of benzene rings is 1. The van der Waals surface area contributed by atoms with Gasteiger partial charge in [0.25, 0.3) is 0 Å². The Hall–Kier alpha value is -2.32. The van der Waals surface area contributed by atoms with Gasteiger partial charge in [0.05, 0.1) is 0 Å². The Balaban J connectivity index is 2.32. The number of carboxylic acid groups (broad SMARTS) is 1. The van der Waals surface area contributed by atoms with E-state index in [1.165, 1.54) is 6.08 Å². The summed E-state index contributed by atoms with van der Waals surface area (Å²) < 4.78 is 6.44. The number of rotatable bonds is 3. The number of nitriles is 1. The van der Waals surface area contributed by atoms with Crippen LogP contribution in [0.5, 0.6) is 0 Å². The fourth-order valence-corrected chi connectivity index (χ4v) is 1.75. The van der Waals surface area contributed by atoms with Crippen molar-refractivity contribution in [2.24, 2.45) is 0 Å². The van der Waals surface area contributed by atoms with Crippen LogP contribution in [0, 0.1) is 11.3 Å². The third kappa shape index (κ3) is 3.12. The third-order valence-corrected chi connectivity index (χ3v) is 2.92. The zero-order valence-electron chi connectivity index (χ0n) is 9.63. The maximum absolute atomic E-state index is 10.7. The number of nitrogens with zero attached hydrogens (tertiary/aromatic N) is 1. The fraction of sp³-hybridized carbons (Fsp3) is 0. The lowest BCUT2D eigenvalue weighted by molar-refractivity contribution is -0.132. The molecule has 1 heterocycles. The quantitative estimate of drug-likeness (QED) is 0.691. The summed E-state index contributed by atoms with van der Waals surface area (Å²) in [6.07, 6.45) is 1.20. The highest BCUT2D eigenvalue weighted by atomic mass is 79.9. The highest BCUT2D eigenvalue weighted by Gasteiger charge is 2.08. The van der Waals surface area contributed by atoms with Gasteiger partial charge in [-0.3, -0.25) is 0 Å². The minimum absolute atomic E-state index is 0.330. The predicted octanol–water partition coefficient (Wildman–Crippen LogP) is 3.70. The number of hydrogen-bond acceptors (Lipinski definition) is 3. The van der Waals surface area contributed by atoms with Crippen LogP contribution in [-0.2, 0) is 4.79 Å². The number of halogens is 1. The molecule has 0 aliphatic carbocycles. The molecule has 4 nitrogen and oxygen atoms in total. The van der Waals surface area contributed by atoms with Gasteiger partial charge < -0.3 is 9.52 Å². The molecule has 0 amide bonds. The third-order valence-electron chi connectivity index (χ3n) is 2.39. The molecule has 1 aromatic heterocycles. The molecule has 0 aliphatic heterocycles. The Kier molecular flexibility index (Phi) is 3.83. The second kappa shape index (κ2) is 5.55. The minimum Gasteiger partial charge on any atom is -0.477 e.